The van der Waals surface area contributed by atoms with Crippen LogP contribution in [0.5, 0.6) is 0 Å². The van der Waals surface area contributed by atoms with Crippen LogP contribution in [0.4, 0.5) is 5.69 Å². The maximum atomic E-state index is 12.1. The third-order valence-corrected chi connectivity index (χ3v) is 4.72. The molecule has 2 N–H and O–H groups in total. The Hall–Kier alpha value is -1.44. The van der Waals surface area contributed by atoms with Gasteiger partial charge in [-0.2, -0.15) is 0 Å². The third kappa shape index (κ3) is 4.03. The highest BCUT2D eigenvalue weighted by Gasteiger charge is 2.13. The molecule has 0 atom stereocenters. The molecule has 7 heteroatoms. The van der Waals surface area contributed by atoms with Crippen molar-refractivity contribution in [3.8, 4) is 0 Å². The zero-order valence-corrected chi connectivity index (χ0v) is 12.8. The zero-order chi connectivity index (χ0) is 14.4. The lowest BCUT2D eigenvalue weighted by molar-refractivity contribution is 0.580. The second kappa shape index (κ2) is 6.83. The molecule has 0 radical (unpaired) electrons. The molecule has 1 aromatic heterocycles. The van der Waals surface area contributed by atoms with Gasteiger partial charge in [0.15, 0.2) is 0 Å². The molecule has 0 saturated carbocycles. The topological polar surface area (TPSA) is 71.1 Å². The second-order valence-corrected chi connectivity index (χ2v) is 6.74. The lowest BCUT2D eigenvalue weighted by Crippen LogP contribution is -2.23. The number of thiazole rings is 1. The van der Waals surface area contributed by atoms with Crippen molar-refractivity contribution in [3.05, 3.63) is 40.8 Å². The van der Waals surface area contributed by atoms with Gasteiger partial charge in [0.1, 0.15) is 0 Å². The Morgan fingerprint density at radius 2 is 2.00 bits per heavy atom. The average molecular weight is 311 g/mol. The van der Waals surface area contributed by atoms with Crippen LogP contribution in [0.3, 0.4) is 0 Å². The van der Waals surface area contributed by atoms with Gasteiger partial charge in [0.05, 0.1) is 22.6 Å². The van der Waals surface area contributed by atoms with Crippen LogP contribution < -0.4 is 10.0 Å². The van der Waals surface area contributed by atoms with Gasteiger partial charge in [0.25, 0.3) is 0 Å². The predicted octanol–water partition coefficient (Wildman–Crippen LogP) is 2.44. The first-order chi connectivity index (χ1) is 9.62. The van der Waals surface area contributed by atoms with Crippen molar-refractivity contribution in [1.82, 2.24) is 9.71 Å². The van der Waals surface area contributed by atoms with E-state index >= 15 is 0 Å². The number of nitrogens with zero attached hydrogens (tertiary/aromatic N) is 1. The summed E-state index contributed by atoms with van der Waals surface area (Å²) in [6, 6.07) is 6.74. The molecule has 108 valence electrons. The number of nitrogens with one attached hydrogen (secondary N) is 2. The van der Waals surface area contributed by atoms with Crippen molar-refractivity contribution in [2.45, 2.75) is 24.8 Å². The molecular weight excluding hydrogens is 294 g/mol. The SMILES string of the molecule is CCCNc1ccc(S(=O)(=O)NCc2cscn2)cc1. The molecule has 0 aliphatic rings. The van der Waals surface area contributed by atoms with Gasteiger partial charge in [-0.3, -0.25) is 0 Å². The van der Waals surface area contributed by atoms with E-state index in [4.69, 9.17) is 0 Å². The van der Waals surface area contributed by atoms with Gasteiger partial charge < -0.3 is 5.32 Å². The summed E-state index contributed by atoms with van der Waals surface area (Å²) in [6.45, 7) is 3.16. The number of aromatic nitrogens is 1. The van der Waals surface area contributed by atoms with E-state index in [9.17, 15) is 8.42 Å². The van der Waals surface area contributed by atoms with E-state index in [1.165, 1.54) is 11.3 Å². The predicted molar refractivity (Wildman–Crippen MR) is 81.4 cm³/mol. The molecular formula is C13H17N3O2S2. The first-order valence-corrected chi connectivity index (χ1v) is 8.75. The van der Waals surface area contributed by atoms with Crippen LogP contribution in [-0.2, 0) is 16.6 Å². The summed E-state index contributed by atoms with van der Waals surface area (Å²) in [5.74, 6) is 0. The van der Waals surface area contributed by atoms with Crippen LogP contribution in [-0.4, -0.2) is 19.9 Å². The van der Waals surface area contributed by atoms with Crippen LogP contribution in [0.1, 0.15) is 19.0 Å². The number of benzene rings is 1. The fraction of sp³-hybridized carbons (Fsp3) is 0.308. The quantitative estimate of drug-likeness (QED) is 0.824. The molecule has 0 amide bonds. The summed E-state index contributed by atoms with van der Waals surface area (Å²) in [5, 5.41) is 5.02. The summed E-state index contributed by atoms with van der Waals surface area (Å²) >= 11 is 1.44. The number of rotatable bonds is 7. The fourth-order valence-corrected chi connectivity index (χ4v) is 3.16. The van der Waals surface area contributed by atoms with Gasteiger partial charge >= 0.3 is 0 Å². The first-order valence-electron chi connectivity index (χ1n) is 6.32. The van der Waals surface area contributed by atoms with E-state index in [2.05, 4.69) is 21.9 Å². The van der Waals surface area contributed by atoms with Crippen molar-refractivity contribution in [3.63, 3.8) is 0 Å². The summed E-state index contributed by atoms with van der Waals surface area (Å²) in [5.41, 5.74) is 3.32. The van der Waals surface area contributed by atoms with Crippen molar-refractivity contribution in [2.75, 3.05) is 11.9 Å². The molecule has 5 nitrogen and oxygen atoms in total. The Kier molecular flexibility index (Phi) is 5.11. The van der Waals surface area contributed by atoms with Crippen LogP contribution in [0.15, 0.2) is 40.1 Å². The molecule has 0 aliphatic heterocycles. The van der Waals surface area contributed by atoms with Crippen molar-refractivity contribution in [2.24, 2.45) is 0 Å². The molecule has 0 fully saturated rings. The van der Waals surface area contributed by atoms with Crippen molar-refractivity contribution < 1.29 is 8.42 Å². The van der Waals surface area contributed by atoms with E-state index in [0.29, 0.717) is 0 Å². The summed E-state index contributed by atoms with van der Waals surface area (Å²) in [7, 11) is -3.49. The second-order valence-electron chi connectivity index (χ2n) is 4.26. The molecule has 0 saturated heterocycles. The third-order valence-electron chi connectivity index (χ3n) is 2.67. The number of anilines is 1. The van der Waals surface area contributed by atoms with Gasteiger partial charge in [-0.25, -0.2) is 18.1 Å². The largest absolute Gasteiger partial charge is 0.385 e. The molecule has 0 unspecified atom stereocenters. The highest BCUT2D eigenvalue weighted by atomic mass is 32.2. The smallest absolute Gasteiger partial charge is 0.240 e. The lowest BCUT2D eigenvalue weighted by Gasteiger charge is -2.08. The molecule has 20 heavy (non-hydrogen) atoms. The Morgan fingerprint density at radius 1 is 1.25 bits per heavy atom. The Labute approximate surface area is 123 Å². The van der Waals surface area contributed by atoms with E-state index in [1.807, 2.05) is 5.38 Å². The zero-order valence-electron chi connectivity index (χ0n) is 11.2. The maximum Gasteiger partial charge on any atom is 0.240 e. The van der Waals surface area contributed by atoms with Gasteiger partial charge in [0.2, 0.25) is 10.0 Å². The molecule has 1 heterocycles. The first kappa shape index (κ1) is 15.0. The summed E-state index contributed by atoms with van der Waals surface area (Å²) in [6.07, 6.45) is 1.02. The Morgan fingerprint density at radius 3 is 2.60 bits per heavy atom. The van der Waals surface area contributed by atoms with E-state index in [0.717, 1.165) is 24.3 Å². The Balaban J connectivity index is 2.01. The molecule has 2 rings (SSSR count). The van der Waals surface area contributed by atoms with E-state index in [-0.39, 0.29) is 11.4 Å². The van der Waals surface area contributed by atoms with Crippen LogP contribution in [0, 0.1) is 0 Å². The lowest BCUT2D eigenvalue weighted by atomic mass is 10.3. The van der Waals surface area contributed by atoms with E-state index < -0.39 is 10.0 Å². The highest BCUT2D eigenvalue weighted by molar-refractivity contribution is 7.89. The van der Waals surface area contributed by atoms with Gasteiger partial charge in [0, 0.05) is 17.6 Å². The normalized spacial score (nSPS) is 11.4. The van der Waals surface area contributed by atoms with Crippen LogP contribution in [0.2, 0.25) is 0 Å². The number of hydrogen-bond donors (Lipinski definition) is 2. The summed E-state index contributed by atoms with van der Waals surface area (Å²) < 4.78 is 26.7. The molecule has 2 aromatic rings. The number of hydrogen-bond acceptors (Lipinski definition) is 5. The van der Waals surface area contributed by atoms with Gasteiger partial charge in [-0.05, 0) is 30.7 Å². The Bertz CT molecular complexity index is 622. The number of sulfonamides is 1. The minimum Gasteiger partial charge on any atom is -0.385 e. The van der Waals surface area contributed by atoms with Crippen LogP contribution in [0.25, 0.3) is 0 Å². The molecule has 0 aliphatic carbocycles. The van der Waals surface area contributed by atoms with Gasteiger partial charge in [-0.1, -0.05) is 6.92 Å². The fourth-order valence-electron chi connectivity index (χ4n) is 1.60. The minimum absolute atomic E-state index is 0.210. The van der Waals surface area contributed by atoms with E-state index in [1.54, 1.807) is 29.8 Å². The highest BCUT2D eigenvalue weighted by Crippen LogP contribution is 2.14. The molecule has 0 spiro atoms. The molecule has 0 bridgehead atoms. The maximum absolute atomic E-state index is 12.1. The molecule has 1 aromatic carbocycles. The summed E-state index contributed by atoms with van der Waals surface area (Å²) in [4.78, 5) is 4.30. The monoisotopic (exact) mass is 311 g/mol. The van der Waals surface area contributed by atoms with Crippen molar-refractivity contribution in [1.29, 1.82) is 0 Å². The van der Waals surface area contributed by atoms with Crippen LogP contribution >= 0.6 is 11.3 Å². The average Bonchev–Trinajstić information content (AvgIpc) is 2.97. The van der Waals surface area contributed by atoms with Gasteiger partial charge in [-0.15, -0.1) is 11.3 Å². The minimum atomic E-state index is -3.49. The van der Waals surface area contributed by atoms with Crippen molar-refractivity contribution >= 4 is 27.0 Å². The standard InChI is InChI=1S/C13H17N3O2S2/c1-2-7-14-11-3-5-13(6-4-11)20(17,18)16-8-12-9-19-10-15-12/h3-6,9-10,14,16H,2,7-8H2,1H3.